The Morgan fingerprint density at radius 2 is 2.00 bits per heavy atom. The van der Waals surface area contributed by atoms with Gasteiger partial charge in [0.1, 0.15) is 12.4 Å². The Bertz CT molecular complexity index is 852. The van der Waals surface area contributed by atoms with Crippen molar-refractivity contribution in [3.8, 4) is 5.75 Å². The molecule has 0 unspecified atom stereocenters. The summed E-state index contributed by atoms with van der Waals surface area (Å²) in [6.07, 6.45) is 1.25. The van der Waals surface area contributed by atoms with Gasteiger partial charge >= 0.3 is 0 Å². The first-order valence-electron chi connectivity index (χ1n) is 10.8. The summed E-state index contributed by atoms with van der Waals surface area (Å²) in [4.78, 5) is 30.9. The Morgan fingerprint density at radius 1 is 1.23 bits per heavy atom. The largest absolute Gasteiger partial charge is 0.491 e. The van der Waals surface area contributed by atoms with Crippen LogP contribution in [0.4, 0.5) is 0 Å². The van der Waals surface area contributed by atoms with Crippen molar-refractivity contribution in [2.45, 2.75) is 32.7 Å². The molecule has 3 rings (SSSR count). The summed E-state index contributed by atoms with van der Waals surface area (Å²) in [5, 5.41) is 2.07. The van der Waals surface area contributed by atoms with Gasteiger partial charge in [-0.1, -0.05) is 32.0 Å². The molecular weight excluding hydrogens is 412 g/mol. The second-order valence-corrected chi connectivity index (χ2v) is 9.18. The highest BCUT2D eigenvalue weighted by molar-refractivity contribution is 7.10. The molecule has 1 aliphatic rings. The van der Waals surface area contributed by atoms with E-state index in [0.29, 0.717) is 32.7 Å². The Labute approximate surface area is 188 Å². The quantitative estimate of drug-likeness (QED) is 0.560. The van der Waals surface area contributed by atoms with Crippen molar-refractivity contribution in [2.75, 3.05) is 40.0 Å². The molecule has 2 amide bonds. The zero-order valence-corrected chi connectivity index (χ0v) is 19.4. The standard InChI is InChI=1S/C24H32N2O4S/c1-18(2)15-23(27)25(12-13-29-3)16-24(28)26-11-9-22-20(10-14-31-22)21(26)17-30-19-7-5-4-6-8-19/h4-8,10,14,18,21H,9,11-13,15-17H2,1-3H3/t21-/m0/s1. The van der Waals surface area contributed by atoms with Crippen LogP contribution in [0, 0.1) is 5.92 Å². The molecule has 0 spiro atoms. The topological polar surface area (TPSA) is 59.1 Å². The van der Waals surface area contributed by atoms with Crippen LogP contribution in [0.25, 0.3) is 0 Å². The minimum absolute atomic E-state index is 0.00860. The van der Waals surface area contributed by atoms with Crippen LogP contribution in [0.3, 0.4) is 0 Å². The fourth-order valence-electron chi connectivity index (χ4n) is 3.79. The van der Waals surface area contributed by atoms with Crippen molar-refractivity contribution in [1.29, 1.82) is 0 Å². The van der Waals surface area contributed by atoms with Crippen LogP contribution in [0.1, 0.15) is 36.8 Å². The number of rotatable bonds is 10. The number of methoxy groups -OCH3 is 1. The molecule has 2 aromatic rings. The number of carbonyl (C=O) groups excluding carboxylic acids is 2. The van der Waals surface area contributed by atoms with Gasteiger partial charge in [-0.25, -0.2) is 0 Å². The van der Waals surface area contributed by atoms with Gasteiger partial charge in [-0.05, 0) is 41.5 Å². The fraction of sp³-hybridized carbons (Fsp3) is 0.500. The van der Waals surface area contributed by atoms with Gasteiger partial charge in [0.2, 0.25) is 11.8 Å². The smallest absolute Gasteiger partial charge is 0.242 e. The molecule has 0 bridgehead atoms. The second-order valence-electron chi connectivity index (χ2n) is 8.18. The Morgan fingerprint density at radius 3 is 2.71 bits per heavy atom. The summed E-state index contributed by atoms with van der Waals surface area (Å²) in [6.45, 7) is 5.92. The van der Waals surface area contributed by atoms with Crippen molar-refractivity contribution in [3.63, 3.8) is 0 Å². The normalized spacial score (nSPS) is 15.6. The molecule has 0 radical (unpaired) electrons. The Hall–Kier alpha value is -2.38. The lowest BCUT2D eigenvalue weighted by Gasteiger charge is -2.37. The van der Waals surface area contributed by atoms with Crippen LogP contribution < -0.4 is 4.74 Å². The first-order valence-corrected chi connectivity index (χ1v) is 11.7. The summed E-state index contributed by atoms with van der Waals surface area (Å²) in [5.41, 5.74) is 1.15. The lowest BCUT2D eigenvalue weighted by molar-refractivity contribution is -0.143. The molecular formula is C24H32N2O4S. The molecule has 0 fully saturated rings. The highest BCUT2D eigenvalue weighted by atomic mass is 32.1. The third kappa shape index (κ3) is 6.31. The molecule has 6 nitrogen and oxygen atoms in total. The van der Waals surface area contributed by atoms with E-state index in [2.05, 4.69) is 11.4 Å². The minimum Gasteiger partial charge on any atom is -0.491 e. The summed E-state index contributed by atoms with van der Waals surface area (Å²) in [6, 6.07) is 11.6. The van der Waals surface area contributed by atoms with Gasteiger partial charge in [-0.15, -0.1) is 11.3 Å². The zero-order valence-electron chi connectivity index (χ0n) is 18.6. The van der Waals surface area contributed by atoms with Gasteiger partial charge in [-0.2, -0.15) is 0 Å². The third-order valence-corrected chi connectivity index (χ3v) is 6.39. The molecule has 1 aromatic heterocycles. The third-order valence-electron chi connectivity index (χ3n) is 5.39. The maximum absolute atomic E-state index is 13.4. The molecule has 0 N–H and O–H groups in total. The van der Waals surface area contributed by atoms with E-state index in [1.807, 2.05) is 49.1 Å². The number of thiophene rings is 1. The summed E-state index contributed by atoms with van der Waals surface area (Å²) in [5.74, 6) is 0.964. The van der Waals surface area contributed by atoms with Crippen molar-refractivity contribution < 1.29 is 19.1 Å². The predicted octanol–water partition coefficient (Wildman–Crippen LogP) is 3.77. The number of benzene rings is 1. The Kier molecular flexibility index (Phi) is 8.49. The van der Waals surface area contributed by atoms with E-state index in [1.54, 1.807) is 23.3 Å². The summed E-state index contributed by atoms with van der Waals surface area (Å²) >= 11 is 1.73. The van der Waals surface area contributed by atoms with Crippen molar-refractivity contribution >= 4 is 23.2 Å². The number of hydrogen-bond donors (Lipinski definition) is 0. The first kappa shape index (κ1) is 23.3. The van der Waals surface area contributed by atoms with E-state index >= 15 is 0 Å². The number of hydrogen-bond acceptors (Lipinski definition) is 5. The molecule has 7 heteroatoms. The average Bonchev–Trinajstić information content (AvgIpc) is 3.24. The molecule has 2 heterocycles. The van der Waals surface area contributed by atoms with Crippen molar-refractivity contribution in [2.24, 2.45) is 5.92 Å². The number of ether oxygens (including phenoxy) is 2. The summed E-state index contributed by atoms with van der Waals surface area (Å²) in [7, 11) is 1.60. The Balaban J connectivity index is 1.73. The molecule has 0 saturated heterocycles. The number of fused-ring (bicyclic) bond motifs is 1. The number of carbonyl (C=O) groups is 2. The van der Waals surface area contributed by atoms with Crippen LogP contribution in [-0.4, -0.2) is 61.6 Å². The monoisotopic (exact) mass is 444 g/mol. The molecule has 31 heavy (non-hydrogen) atoms. The maximum atomic E-state index is 13.4. The minimum atomic E-state index is -0.160. The van der Waals surface area contributed by atoms with Gasteiger partial charge in [0.15, 0.2) is 0 Å². The van der Waals surface area contributed by atoms with Crippen molar-refractivity contribution in [3.05, 3.63) is 52.2 Å². The van der Waals surface area contributed by atoms with Gasteiger partial charge in [0.25, 0.3) is 0 Å². The van der Waals surface area contributed by atoms with Gasteiger partial charge < -0.3 is 19.3 Å². The summed E-state index contributed by atoms with van der Waals surface area (Å²) < 4.78 is 11.2. The van der Waals surface area contributed by atoms with Crippen LogP contribution in [0.2, 0.25) is 0 Å². The van der Waals surface area contributed by atoms with Crippen molar-refractivity contribution in [1.82, 2.24) is 9.80 Å². The van der Waals surface area contributed by atoms with E-state index in [0.717, 1.165) is 17.7 Å². The number of para-hydroxylation sites is 1. The molecule has 1 aliphatic heterocycles. The maximum Gasteiger partial charge on any atom is 0.242 e. The number of nitrogens with zero attached hydrogens (tertiary/aromatic N) is 2. The lowest BCUT2D eigenvalue weighted by Crippen LogP contribution is -2.48. The molecule has 0 aliphatic carbocycles. The van der Waals surface area contributed by atoms with E-state index in [-0.39, 0.29) is 30.3 Å². The molecule has 1 atom stereocenters. The molecule has 1 aromatic carbocycles. The molecule has 0 saturated carbocycles. The lowest BCUT2D eigenvalue weighted by atomic mass is 10.0. The van der Waals surface area contributed by atoms with E-state index in [4.69, 9.17) is 9.47 Å². The second kappa shape index (κ2) is 11.3. The van der Waals surface area contributed by atoms with Crippen LogP contribution in [0.5, 0.6) is 5.75 Å². The van der Waals surface area contributed by atoms with Gasteiger partial charge in [0, 0.05) is 31.5 Å². The van der Waals surface area contributed by atoms with Crippen LogP contribution >= 0.6 is 11.3 Å². The predicted molar refractivity (Wildman–Crippen MR) is 122 cm³/mol. The van der Waals surface area contributed by atoms with E-state index in [9.17, 15) is 9.59 Å². The van der Waals surface area contributed by atoms with E-state index < -0.39 is 0 Å². The van der Waals surface area contributed by atoms with Gasteiger partial charge in [-0.3, -0.25) is 9.59 Å². The van der Waals surface area contributed by atoms with Crippen LogP contribution in [-0.2, 0) is 20.7 Å². The van der Waals surface area contributed by atoms with Gasteiger partial charge in [0.05, 0.1) is 19.2 Å². The fourth-order valence-corrected chi connectivity index (χ4v) is 4.72. The average molecular weight is 445 g/mol. The first-order chi connectivity index (χ1) is 15.0. The number of amides is 2. The highest BCUT2D eigenvalue weighted by Gasteiger charge is 2.33. The molecule has 168 valence electrons. The SMILES string of the molecule is COCCN(CC(=O)N1CCc2sccc2[C@@H]1COc1ccccc1)C(=O)CC(C)C. The zero-order chi connectivity index (χ0) is 22.2. The van der Waals surface area contributed by atoms with E-state index in [1.165, 1.54) is 4.88 Å². The van der Waals surface area contributed by atoms with Crippen LogP contribution in [0.15, 0.2) is 41.8 Å². The highest BCUT2D eigenvalue weighted by Crippen LogP contribution is 2.34.